The highest BCUT2D eigenvalue weighted by molar-refractivity contribution is 7.14. The van der Waals surface area contributed by atoms with E-state index in [-0.39, 0.29) is 24.5 Å². The average molecular weight is 419 g/mol. The molecule has 0 spiro atoms. The lowest BCUT2D eigenvalue weighted by atomic mass is 10.1. The Kier molecular flexibility index (Phi) is 8.61. The van der Waals surface area contributed by atoms with Crippen LogP contribution in [0.1, 0.15) is 42.8 Å². The summed E-state index contributed by atoms with van der Waals surface area (Å²) in [5.41, 5.74) is 5.06. The van der Waals surface area contributed by atoms with Crippen LogP contribution in [0.2, 0.25) is 0 Å². The predicted octanol–water partition coefficient (Wildman–Crippen LogP) is 3.80. The molecular weight excluding hydrogens is 395 g/mol. The first-order valence-corrected chi connectivity index (χ1v) is 9.80. The first-order chi connectivity index (χ1) is 13.4. The van der Waals surface area contributed by atoms with E-state index >= 15 is 0 Å². The second-order valence-electron chi connectivity index (χ2n) is 6.11. The minimum Gasteiger partial charge on any atom is -0.493 e. The summed E-state index contributed by atoms with van der Waals surface area (Å²) >= 11 is 1.05. The van der Waals surface area contributed by atoms with Crippen molar-refractivity contribution in [2.24, 2.45) is 5.73 Å². The number of aliphatic hydroxyl groups excluding tert-OH is 1. The molecule has 0 amide bonds. The molecule has 0 saturated carbocycles. The van der Waals surface area contributed by atoms with Gasteiger partial charge >= 0.3 is 6.18 Å². The Morgan fingerprint density at radius 3 is 2.61 bits per heavy atom. The van der Waals surface area contributed by atoms with Gasteiger partial charge in [0.1, 0.15) is 15.8 Å². The fourth-order valence-corrected chi connectivity index (χ4v) is 3.16. The van der Waals surface area contributed by atoms with Gasteiger partial charge in [-0.15, -0.1) is 10.2 Å². The maximum Gasteiger partial charge on any atom is 0.419 e. The molecule has 1 heterocycles. The molecular formula is C18H24F3N3O3S. The van der Waals surface area contributed by atoms with Crippen molar-refractivity contribution in [2.75, 3.05) is 26.4 Å². The van der Waals surface area contributed by atoms with E-state index in [4.69, 9.17) is 20.3 Å². The number of hydrogen-bond donors (Lipinski definition) is 2. The second-order valence-corrected chi connectivity index (χ2v) is 7.12. The third-order valence-corrected chi connectivity index (χ3v) is 4.88. The molecule has 0 aliphatic rings. The van der Waals surface area contributed by atoms with Crippen molar-refractivity contribution in [1.29, 1.82) is 0 Å². The Morgan fingerprint density at radius 2 is 1.93 bits per heavy atom. The number of rotatable bonds is 11. The van der Waals surface area contributed by atoms with Gasteiger partial charge in [0.05, 0.1) is 24.8 Å². The molecule has 0 radical (unpaired) electrons. The van der Waals surface area contributed by atoms with Crippen LogP contribution in [0.4, 0.5) is 13.2 Å². The van der Waals surface area contributed by atoms with Crippen LogP contribution in [-0.4, -0.2) is 41.7 Å². The van der Waals surface area contributed by atoms with Crippen LogP contribution in [0.25, 0.3) is 10.6 Å². The van der Waals surface area contributed by atoms with E-state index in [1.807, 2.05) is 6.92 Å². The third kappa shape index (κ3) is 6.40. The zero-order valence-corrected chi connectivity index (χ0v) is 16.4. The first kappa shape index (κ1) is 22.5. The predicted molar refractivity (Wildman–Crippen MR) is 100 cm³/mol. The number of aromatic nitrogens is 2. The number of hydrogen-bond acceptors (Lipinski definition) is 7. The molecule has 1 unspecified atom stereocenters. The fourth-order valence-electron chi connectivity index (χ4n) is 2.32. The Hall–Kier alpha value is -1.75. The average Bonchev–Trinajstić information content (AvgIpc) is 3.16. The summed E-state index contributed by atoms with van der Waals surface area (Å²) in [5.74, 6) is -0.220. The normalized spacial score (nSPS) is 12.9. The molecule has 2 rings (SSSR count). The molecule has 0 fully saturated rings. The number of ether oxygens (including phenoxy) is 2. The minimum absolute atomic E-state index is 0.173. The fraction of sp³-hybridized carbons (Fsp3) is 0.556. The van der Waals surface area contributed by atoms with Crippen molar-refractivity contribution in [3.05, 3.63) is 28.8 Å². The van der Waals surface area contributed by atoms with Gasteiger partial charge in [-0.3, -0.25) is 0 Å². The summed E-state index contributed by atoms with van der Waals surface area (Å²) in [7, 11) is 0. The van der Waals surface area contributed by atoms with Crippen LogP contribution in [0.15, 0.2) is 18.2 Å². The minimum atomic E-state index is -4.56. The van der Waals surface area contributed by atoms with E-state index in [1.165, 1.54) is 12.1 Å². The standard InChI is InChI=1S/C18H24F3N3O3S/c1-2-7-26-8-3-4-9-27-15-6-5-12(10-13(15)18(19,20)21)16-23-24-17(28-16)14(22)11-25/h5-6,10,14,25H,2-4,7-9,11,22H2,1H3. The van der Waals surface area contributed by atoms with E-state index in [0.717, 1.165) is 30.2 Å². The van der Waals surface area contributed by atoms with Gasteiger partial charge in [-0.25, -0.2) is 0 Å². The van der Waals surface area contributed by atoms with E-state index in [2.05, 4.69) is 10.2 Å². The number of benzene rings is 1. The Morgan fingerprint density at radius 1 is 1.18 bits per heavy atom. The van der Waals surface area contributed by atoms with Gasteiger partial charge in [-0.2, -0.15) is 13.2 Å². The van der Waals surface area contributed by atoms with Crippen LogP contribution >= 0.6 is 11.3 Å². The van der Waals surface area contributed by atoms with Crippen molar-refractivity contribution >= 4 is 11.3 Å². The molecule has 0 aliphatic heterocycles. The quantitative estimate of drug-likeness (QED) is 0.539. The van der Waals surface area contributed by atoms with Crippen LogP contribution in [0.5, 0.6) is 5.75 Å². The summed E-state index contributed by atoms with van der Waals surface area (Å²) in [6.45, 7) is 3.11. The van der Waals surface area contributed by atoms with Crippen LogP contribution in [0.3, 0.4) is 0 Å². The monoisotopic (exact) mass is 419 g/mol. The van der Waals surface area contributed by atoms with Gasteiger partial charge in [0.15, 0.2) is 0 Å². The molecule has 10 heteroatoms. The lowest BCUT2D eigenvalue weighted by molar-refractivity contribution is -0.138. The molecule has 28 heavy (non-hydrogen) atoms. The van der Waals surface area contributed by atoms with Gasteiger partial charge in [0, 0.05) is 18.8 Å². The Bertz CT molecular complexity index is 740. The molecule has 6 nitrogen and oxygen atoms in total. The van der Waals surface area contributed by atoms with Crippen LogP contribution < -0.4 is 10.5 Å². The molecule has 1 atom stereocenters. The topological polar surface area (TPSA) is 90.5 Å². The number of nitrogens with two attached hydrogens (primary N) is 1. The molecule has 0 bridgehead atoms. The molecule has 0 aliphatic carbocycles. The summed E-state index contributed by atoms with van der Waals surface area (Å²) < 4.78 is 51.1. The maximum absolute atomic E-state index is 13.5. The smallest absolute Gasteiger partial charge is 0.419 e. The van der Waals surface area contributed by atoms with Gasteiger partial charge < -0.3 is 20.3 Å². The van der Waals surface area contributed by atoms with Crippen molar-refractivity contribution < 1.29 is 27.8 Å². The SMILES string of the molecule is CCCOCCCCOc1ccc(-c2nnc(C(N)CO)s2)cc1C(F)(F)F. The van der Waals surface area contributed by atoms with E-state index in [1.54, 1.807) is 0 Å². The molecule has 1 aromatic carbocycles. The molecule has 1 aromatic heterocycles. The number of nitrogens with zero attached hydrogens (tertiary/aromatic N) is 2. The zero-order valence-electron chi connectivity index (χ0n) is 15.5. The summed E-state index contributed by atoms with van der Waals surface area (Å²) in [6.07, 6.45) is -2.32. The van der Waals surface area contributed by atoms with Gasteiger partial charge in [-0.05, 0) is 37.5 Å². The zero-order chi connectivity index (χ0) is 20.6. The van der Waals surface area contributed by atoms with Gasteiger partial charge in [0.2, 0.25) is 0 Å². The summed E-state index contributed by atoms with van der Waals surface area (Å²) in [5, 5.41) is 17.4. The number of unbranched alkanes of at least 4 members (excludes halogenated alkanes) is 1. The van der Waals surface area contributed by atoms with Crippen molar-refractivity contribution in [3.8, 4) is 16.3 Å². The largest absolute Gasteiger partial charge is 0.493 e. The van der Waals surface area contributed by atoms with Crippen molar-refractivity contribution in [2.45, 2.75) is 38.4 Å². The Balaban J connectivity index is 2.08. The first-order valence-electron chi connectivity index (χ1n) is 8.98. The van der Waals surface area contributed by atoms with E-state index < -0.39 is 17.8 Å². The highest BCUT2D eigenvalue weighted by Gasteiger charge is 2.35. The Labute approximate surface area is 165 Å². The molecule has 156 valence electrons. The van der Waals surface area contributed by atoms with Crippen LogP contribution in [0, 0.1) is 0 Å². The number of halogens is 3. The van der Waals surface area contributed by atoms with E-state index in [0.29, 0.717) is 29.6 Å². The lowest BCUT2D eigenvalue weighted by Gasteiger charge is -2.15. The van der Waals surface area contributed by atoms with E-state index in [9.17, 15) is 13.2 Å². The molecule has 0 saturated heterocycles. The van der Waals surface area contributed by atoms with Crippen molar-refractivity contribution in [1.82, 2.24) is 10.2 Å². The third-order valence-electron chi connectivity index (χ3n) is 3.78. The van der Waals surface area contributed by atoms with Gasteiger partial charge in [-0.1, -0.05) is 18.3 Å². The number of aliphatic hydroxyl groups is 1. The van der Waals surface area contributed by atoms with Crippen molar-refractivity contribution in [3.63, 3.8) is 0 Å². The molecule has 3 N–H and O–H groups in total. The van der Waals surface area contributed by atoms with Gasteiger partial charge in [0.25, 0.3) is 0 Å². The molecule has 2 aromatic rings. The highest BCUT2D eigenvalue weighted by Crippen LogP contribution is 2.39. The van der Waals surface area contributed by atoms with Crippen LogP contribution in [-0.2, 0) is 10.9 Å². The number of alkyl halides is 3. The second kappa shape index (κ2) is 10.7. The highest BCUT2D eigenvalue weighted by atomic mass is 32.1. The lowest BCUT2D eigenvalue weighted by Crippen LogP contribution is -2.13. The summed E-state index contributed by atoms with van der Waals surface area (Å²) in [6, 6.07) is 3.08. The maximum atomic E-state index is 13.5. The summed E-state index contributed by atoms with van der Waals surface area (Å²) in [4.78, 5) is 0.